The minimum atomic E-state index is -4.24. The first-order valence-corrected chi connectivity index (χ1v) is 7.99. The molecular weight excluding hydrogens is 275 g/mol. The van der Waals surface area contributed by atoms with E-state index in [1.165, 1.54) is 18.9 Å². The molecular formula is C17H22F3N. The van der Waals surface area contributed by atoms with Gasteiger partial charge in [-0.3, -0.25) is 4.90 Å². The van der Waals surface area contributed by atoms with E-state index in [4.69, 9.17) is 0 Å². The summed E-state index contributed by atoms with van der Waals surface area (Å²) in [5.41, 5.74) is 2.26. The molecule has 0 saturated carbocycles. The fourth-order valence-corrected chi connectivity index (χ4v) is 3.71. The van der Waals surface area contributed by atoms with Crippen molar-refractivity contribution in [2.45, 2.75) is 57.7 Å². The molecule has 0 spiro atoms. The second-order valence-corrected chi connectivity index (χ2v) is 6.27. The lowest BCUT2D eigenvalue weighted by molar-refractivity contribution is -0.138. The van der Waals surface area contributed by atoms with E-state index in [1.54, 1.807) is 6.07 Å². The van der Waals surface area contributed by atoms with Crippen molar-refractivity contribution in [1.29, 1.82) is 0 Å². The van der Waals surface area contributed by atoms with Crippen molar-refractivity contribution in [3.63, 3.8) is 0 Å². The average molecular weight is 297 g/mol. The third kappa shape index (κ3) is 3.25. The number of likely N-dealkylation sites (tertiary alicyclic amines) is 1. The van der Waals surface area contributed by atoms with Crippen molar-refractivity contribution in [1.82, 2.24) is 4.90 Å². The van der Waals surface area contributed by atoms with Gasteiger partial charge in [0.15, 0.2) is 0 Å². The maximum atomic E-state index is 13.3. The zero-order chi connectivity index (χ0) is 14.9. The Morgan fingerprint density at radius 2 is 1.62 bits per heavy atom. The molecule has 0 atom stereocenters. The first-order chi connectivity index (χ1) is 10.1. The lowest BCUT2D eigenvalue weighted by Crippen LogP contribution is -2.26. The van der Waals surface area contributed by atoms with E-state index >= 15 is 0 Å². The first kappa shape index (κ1) is 14.9. The molecule has 4 heteroatoms. The molecule has 1 nitrogen and oxygen atoms in total. The molecule has 1 heterocycles. The summed E-state index contributed by atoms with van der Waals surface area (Å²) in [6.45, 7) is 2.33. The van der Waals surface area contributed by atoms with Gasteiger partial charge in [-0.25, -0.2) is 0 Å². The maximum Gasteiger partial charge on any atom is 0.416 e. The lowest BCUT2D eigenvalue weighted by atomic mass is 9.96. The molecule has 0 bridgehead atoms. The summed E-state index contributed by atoms with van der Waals surface area (Å²) in [7, 11) is 0. The van der Waals surface area contributed by atoms with Crippen LogP contribution in [0.25, 0.3) is 0 Å². The Bertz CT molecular complexity index is 499. The zero-order valence-electron chi connectivity index (χ0n) is 12.3. The smallest absolute Gasteiger partial charge is 0.299 e. The van der Waals surface area contributed by atoms with Gasteiger partial charge in [-0.15, -0.1) is 0 Å². The molecule has 21 heavy (non-hydrogen) atoms. The van der Waals surface area contributed by atoms with Crippen LogP contribution in [0.15, 0.2) is 12.1 Å². The number of halogens is 3. The molecule has 0 N–H and O–H groups in total. The second kappa shape index (κ2) is 5.99. The molecule has 0 radical (unpaired) electrons. The quantitative estimate of drug-likeness (QED) is 0.773. The first-order valence-electron chi connectivity index (χ1n) is 7.99. The van der Waals surface area contributed by atoms with Gasteiger partial charge in [0.25, 0.3) is 0 Å². The Morgan fingerprint density at radius 3 is 2.29 bits per heavy atom. The standard InChI is InChI=1S/C17H22F3N/c18-17(19,20)16-9-8-13-6-5-7-14(13)15(16)12-21-10-3-1-2-4-11-21/h8-9H,1-7,10-12H2. The Balaban J connectivity index is 1.93. The molecule has 116 valence electrons. The number of hydrogen-bond donors (Lipinski definition) is 0. The molecule has 1 aromatic carbocycles. The van der Waals surface area contributed by atoms with Crippen LogP contribution in [0, 0.1) is 0 Å². The van der Waals surface area contributed by atoms with Crippen molar-refractivity contribution in [3.8, 4) is 0 Å². The Hall–Kier alpha value is -1.03. The molecule has 1 aliphatic heterocycles. The van der Waals surface area contributed by atoms with Gasteiger partial charge in [-0.2, -0.15) is 13.2 Å². The molecule has 0 amide bonds. The summed E-state index contributed by atoms with van der Waals surface area (Å²) in [5, 5.41) is 0. The number of benzene rings is 1. The van der Waals surface area contributed by atoms with Gasteiger partial charge < -0.3 is 0 Å². The largest absolute Gasteiger partial charge is 0.416 e. The van der Waals surface area contributed by atoms with Gasteiger partial charge in [0.05, 0.1) is 5.56 Å². The van der Waals surface area contributed by atoms with Crippen molar-refractivity contribution in [3.05, 3.63) is 34.4 Å². The van der Waals surface area contributed by atoms with Gasteiger partial charge in [0.2, 0.25) is 0 Å². The summed E-state index contributed by atoms with van der Waals surface area (Å²) >= 11 is 0. The van der Waals surface area contributed by atoms with Crippen LogP contribution in [0.5, 0.6) is 0 Å². The van der Waals surface area contributed by atoms with Crippen LogP contribution < -0.4 is 0 Å². The predicted molar refractivity (Wildman–Crippen MR) is 77.2 cm³/mol. The topological polar surface area (TPSA) is 3.24 Å². The fraction of sp³-hybridized carbons (Fsp3) is 0.647. The SMILES string of the molecule is FC(F)(F)c1ccc2c(c1CN1CCCCCC1)CCC2. The fourth-order valence-electron chi connectivity index (χ4n) is 3.71. The molecule has 1 aliphatic carbocycles. The van der Waals surface area contributed by atoms with Gasteiger partial charge in [-0.05, 0) is 68.0 Å². The minimum absolute atomic E-state index is 0.410. The van der Waals surface area contributed by atoms with E-state index in [0.717, 1.165) is 56.3 Å². The minimum Gasteiger partial charge on any atom is -0.299 e. The second-order valence-electron chi connectivity index (χ2n) is 6.27. The van der Waals surface area contributed by atoms with E-state index in [0.29, 0.717) is 12.1 Å². The van der Waals surface area contributed by atoms with Gasteiger partial charge in [0, 0.05) is 6.54 Å². The van der Waals surface area contributed by atoms with Gasteiger partial charge in [0.1, 0.15) is 0 Å². The number of nitrogens with zero attached hydrogens (tertiary/aromatic N) is 1. The zero-order valence-corrected chi connectivity index (χ0v) is 12.3. The maximum absolute atomic E-state index is 13.3. The Labute approximate surface area is 124 Å². The average Bonchev–Trinajstić information content (AvgIpc) is 2.76. The molecule has 0 aromatic heterocycles. The third-order valence-corrected chi connectivity index (χ3v) is 4.79. The van der Waals surface area contributed by atoms with Crippen molar-refractivity contribution in [2.75, 3.05) is 13.1 Å². The van der Waals surface area contributed by atoms with Crippen LogP contribution >= 0.6 is 0 Å². The third-order valence-electron chi connectivity index (χ3n) is 4.79. The summed E-state index contributed by atoms with van der Waals surface area (Å²) in [6, 6.07) is 2.99. The summed E-state index contributed by atoms with van der Waals surface area (Å²) in [5.74, 6) is 0. The number of rotatable bonds is 2. The number of aryl methyl sites for hydroxylation is 1. The molecule has 2 aliphatic rings. The van der Waals surface area contributed by atoms with Crippen LogP contribution in [-0.4, -0.2) is 18.0 Å². The highest BCUT2D eigenvalue weighted by molar-refractivity contribution is 5.45. The van der Waals surface area contributed by atoms with Crippen molar-refractivity contribution < 1.29 is 13.2 Å². The van der Waals surface area contributed by atoms with Crippen molar-refractivity contribution >= 4 is 0 Å². The van der Waals surface area contributed by atoms with Gasteiger partial charge in [-0.1, -0.05) is 18.9 Å². The van der Waals surface area contributed by atoms with E-state index < -0.39 is 11.7 Å². The van der Waals surface area contributed by atoms with E-state index in [1.807, 2.05) is 0 Å². The van der Waals surface area contributed by atoms with Crippen LogP contribution in [0.4, 0.5) is 13.2 Å². The summed E-state index contributed by atoms with van der Waals surface area (Å²) < 4.78 is 40.0. The highest BCUT2D eigenvalue weighted by Crippen LogP contribution is 2.38. The van der Waals surface area contributed by atoms with E-state index in [-0.39, 0.29) is 0 Å². The predicted octanol–water partition coefficient (Wildman–Crippen LogP) is 4.57. The summed E-state index contributed by atoms with van der Waals surface area (Å²) in [4.78, 5) is 2.22. The summed E-state index contributed by atoms with van der Waals surface area (Å²) in [6.07, 6.45) is 3.11. The Morgan fingerprint density at radius 1 is 0.905 bits per heavy atom. The van der Waals surface area contributed by atoms with Crippen LogP contribution in [0.3, 0.4) is 0 Å². The molecule has 1 fully saturated rings. The highest BCUT2D eigenvalue weighted by atomic mass is 19.4. The molecule has 0 unspecified atom stereocenters. The molecule has 3 rings (SSSR count). The van der Waals surface area contributed by atoms with E-state index in [9.17, 15) is 13.2 Å². The van der Waals surface area contributed by atoms with Crippen molar-refractivity contribution in [2.24, 2.45) is 0 Å². The number of hydrogen-bond acceptors (Lipinski definition) is 1. The number of fused-ring (bicyclic) bond motifs is 1. The monoisotopic (exact) mass is 297 g/mol. The molecule has 1 aromatic rings. The number of alkyl halides is 3. The lowest BCUT2D eigenvalue weighted by Gasteiger charge is -2.24. The van der Waals surface area contributed by atoms with Crippen LogP contribution in [0.2, 0.25) is 0 Å². The Kier molecular flexibility index (Phi) is 4.25. The van der Waals surface area contributed by atoms with Crippen LogP contribution in [-0.2, 0) is 25.6 Å². The highest BCUT2D eigenvalue weighted by Gasteiger charge is 2.35. The van der Waals surface area contributed by atoms with Gasteiger partial charge >= 0.3 is 6.18 Å². The molecule has 1 saturated heterocycles. The normalized spacial score (nSPS) is 20.3. The van der Waals surface area contributed by atoms with Crippen LogP contribution in [0.1, 0.15) is 54.4 Å². The van der Waals surface area contributed by atoms with E-state index in [2.05, 4.69) is 4.90 Å².